The summed E-state index contributed by atoms with van der Waals surface area (Å²) in [5.41, 5.74) is 0.832. The lowest BCUT2D eigenvalue weighted by atomic mass is 9.98. The Balaban J connectivity index is 1.26. The molecule has 154 valence electrons. The van der Waals surface area contributed by atoms with Crippen LogP contribution in [0.3, 0.4) is 0 Å². The molecule has 2 fully saturated rings. The number of nitrogens with zero attached hydrogens (tertiary/aromatic N) is 4. The molecule has 0 spiro atoms. The molecular formula is C22H27FN4O2. The minimum Gasteiger partial charge on any atom is -0.473 e. The first-order valence-corrected chi connectivity index (χ1v) is 10.4. The number of carbonyl (C=O) groups excluding carboxylic acids is 1. The highest BCUT2D eigenvalue weighted by molar-refractivity contribution is 5.79. The van der Waals surface area contributed by atoms with Crippen molar-refractivity contribution in [2.24, 2.45) is 0 Å². The highest BCUT2D eigenvalue weighted by atomic mass is 19.1. The van der Waals surface area contributed by atoms with E-state index in [1.165, 1.54) is 31.4 Å². The monoisotopic (exact) mass is 398 g/mol. The lowest BCUT2D eigenvalue weighted by Crippen LogP contribution is -2.49. The lowest BCUT2D eigenvalue weighted by Gasteiger charge is -2.35. The SMILES string of the molecule is O=C(Cc1ccc(F)cc1)N1CCN(c2ccc(OC3CCCCC3)nn2)CC1. The zero-order valence-corrected chi connectivity index (χ0v) is 16.6. The van der Waals surface area contributed by atoms with Gasteiger partial charge in [0.1, 0.15) is 11.9 Å². The molecule has 1 aromatic heterocycles. The molecule has 0 N–H and O–H groups in total. The van der Waals surface area contributed by atoms with Gasteiger partial charge in [-0.15, -0.1) is 10.2 Å². The average Bonchev–Trinajstić information content (AvgIpc) is 2.77. The highest BCUT2D eigenvalue weighted by Gasteiger charge is 2.22. The van der Waals surface area contributed by atoms with Gasteiger partial charge < -0.3 is 14.5 Å². The van der Waals surface area contributed by atoms with Crippen LogP contribution in [0.25, 0.3) is 0 Å². The topological polar surface area (TPSA) is 58.6 Å². The van der Waals surface area contributed by atoms with Gasteiger partial charge in [-0.1, -0.05) is 18.6 Å². The first kappa shape index (κ1) is 19.6. The Kier molecular flexibility index (Phi) is 6.22. The van der Waals surface area contributed by atoms with Crippen LogP contribution in [-0.2, 0) is 11.2 Å². The van der Waals surface area contributed by atoms with Crippen LogP contribution < -0.4 is 9.64 Å². The summed E-state index contributed by atoms with van der Waals surface area (Å²) in [6, 6.07) is 9.94. The first-order valence-electron chi connectivity index (χ1n) is 10.4. The Morgan fingerprint density at radius 3 is 2.34 bits per heavy atom. The van der Waals surface area contributed by atoms with Gasteiger partial charge in [0.2, 0.25) is 11.8 Å². The summed E-state index contributed by atoms with van der Waals surface area (Å²) in [7, 11) is 0. The molecule has 1 saturated heterocycles. The van der Waals surface area contributed by atoms with Gasteiger partial charge in [0.15, 0.2) is 5.82 Å². The van der Waals surface area contributed by atoms with Crippen LogP contribution in [-0.4, -0.2) is 53.3 Å². The number of halogens is 1. The number of aromatic nitrogens is 2. The zero-order valence-electron chi connectivity index (χ0n) is 16.6. The standard InChI is InChI=1S/C22H27FN4O2/c23-18-8-6-17(7-9-18)16-22(28)27-14-12-26(13-15-27)20-10-11-21(25-24-20)29-19-4-2-1-3-5-19/h6-11,19H,1-5,12-16H2. The van der Waals surface area contributed by atoms with E-state index in [1.807, 2.05) is 17.0 Å². The smallest absolute Gasteiger partial charge is 0.233 e. The fraction of sp³-hybridized carbons (Fsp3) is 0.500. The summed E-state index contributed by atoms with van der Waals surface area (Å²) in [4.78, 5) is 16.5. The number of rotatable bonds is 5. The molecule has 1 aromatic carbocycles. The van der Waals surface area contributed by atoms with Crippen LogP contribution in [0.4, 0.5) is 10.2 Å². The molecule has 0 bridgehead atoms. The molecule has 0 unspecified atom stereocenters. The summed E-state index contributed by atoms with van der Waals surface area (Å²) in [5, 5.41) is 8.57. The van der Waals surface area contributed by atoms with Gasteiger partial charge >= 0.3 is 0 Å². The molecule has 1 saturated carbocycles. The Hall–Kier alpha value is -2.70. The summed E-state index contributed by atoms with van der Waals surface area (Å²) >= 11 is 0. The number of carbonyl (C=O) groups is 1. The number of hydrogen-bond acceptors (Lipinski definition) is 5. The predicted octanol–water partition coefficient (Wildman–Crippen LogP) is 3.22. The van der Waals surface area contributed by atoms with Crippen molar-refractivity contribution in [3.63, 3.8) is 0 Å². The maximum Gasteiger partial charge on any atom is 0.233 e. The van der Waals surface area contributed by atoms with E-state index in [0.29, 0.717) is 38.5 Å². The summed E-state index contributed by atoms with van der Waals surface area (Å²) < 4.78 is 18.9. The number of hydrogen-bond donors (Lipinski definition) is 0. The molecule has 0 radical (unpaired) electrons. The Morgan fingerprint density at radius 2 is 1.69 bits per heavy atom. The van der Waals surface area contributed by atoms with E-state index in [-0.39, 0.29) is 17.8 Å². The maximum absolute atomic E-state index is 13.0. The van der Waals surface area contributed by atoms with Crippen molar-refractivity contribution < 1.29 is 13.9 Å². The van der Waals surface area contributed by atoms with E-state index in [2.05, 4.69) is 15.1 Å². The fourth-order valence-electron chi connectivity index (χ4n) is 3.97. The van der Waals surface area contributed by atoms with Gasteiger partial charge in [-0.05, 0) is 49.4 Å². The van der Waals surface area contributed by atoms with Crippen LogP contribution >= 0.6 is 0 Å². The third kappa shape index (κ3) is 5.22. The second kappa shape index (κ2) is 9.20. The van der Waals surface area contributed by atoms with Crippen molar-refractivity contribution in [2.75, 3.05) is 31.1 Å². The molecule has 1 aliphatic carbocycles. The third-order valence-corrected chi connectivity index (χ3v) is 5.69. The normalized spacial score (nSPS) is 18.0. The van der Waals surface area contributed by atoms with E-state index in [0.717, 1.165) is 24.2 Å². The second-order valence-electron chi connectivity index (χ2n) is 7.78. The van der Waals surface area contributed by atoms with Crippen LogP contribution in [0.15, 0.2) is 36.4 Å². The number of ether oxygens (including phenoxy) is 1. The minimum atomic E-state index is -0.286. The Labute approximate surface area is 170 Å². The van der Waals surface area contributed by atoms with Gasteiger partial charge in [-0.25, -0.2) is 4.39 Å². The molecule has 2 heterocycles. The van der Waals surface area contributed by atoms with Crippen molar-refractivity contribution in [2.45, 2.75) is 44.6 Å². The van der Waals surface area contributed by atoms with Gasteiger partial charge in [0.25, 0.3) is 0 Å². The van der Waals surface area contributed by atoms with Crippen molar-refractivity contribution in [3.05, 3.63) is 47.8 Å². The molecule has 7 heteroatoms. The Morgan fingerprint density at radius 1 is 0.966 bits per heavy atom. The van der Waals surface area contributed by atoms with Crippen LogP contribution in [0, 0.1) is 5.82 Å². The molecule has 6 nitrogen and oxygen atoms in total. The van der Waals surface area contributed by atoms with Gasteiger partial charge in [0, 0.05) is 32.2 Å². The third-order valence-electron chi connectivity index (χ3n) is 5.69. The molecule has 1 aliphatic heterocycles. The van der Waals surface area contributed by atoms with Gasteiger partial charge in [0.05, 0.1) is 6.42 Å². The molecule has 4 rings (SSSR count). The molecular weight excluding hydrogens is 371 g/mol. The van der Waals surface area contributed by atoms with Gasteiger partial charge in [-0.3, -0.25) is 4.79 Å². The zero-order chi connectivity index (χ0) is 20.1. The lowest BCUT2D eigenvalue weighted by molar-refractivity contribution is -0.130. The molecule has 1 amide bonds. The number of piperazine rings is 1. The van der Waals surface area contributed by atoms with E-state index in [4.69, 9.17) is 4.74 Å². The van der Waals surface area contributed by atoms with Crippen molar-refractivity contribution in [1.82, 2.24) is 15.1 Å². The van der Waals surface area contributed by atoms with E-state index >= 15 is 0 Å². The Bertz CT molecular complexity index is 799. The quantitative estimate of drug-likeness (QED) is 0.774. The first-order chi connectivity index (χ1) is 14.2. The highest BCUT2D eigenvalue weighted by Crippen LogP contribution is 2.23. The fourth-order valence-corrected chi connectivity index (χ4v) is 3.97. The van der Waals surface area contributed by atoms with E-state index < -0.39 is 0 Å². The molecule has 2 aromatic rings. The molecule has 29 heavy (non-hydrogen) atoms. The van der Waals surface area contributed by atoms with Gasteiger partial charge in [-0.2, -0.15) is 0 Å². The van der Waals surface area contributed by atoms with Crippen LogP contribution in [0.2, 0.25) is 0 Å². The minimum absolute atomic E-state index is 0.0681. The number of amides is 1. The van der Waals surface area contributed by atoms with Crippen molar-refractivity contribution >= 4 is 11.7 Å². The van der Waals surface area contributed by atoms with E-state index in [9.17, 15) is 9.18 Å². The molecule has 2 aliphatic rings. The van der Waals surface area contributed by atoms with Crippen molar-refractivity contribution in [3.8, 4) is 5.88 Å². The summed E-state index contributed by atoms with van der Waals surface area (Å²) in [6.07, 6.45) is 6.49. The number of benzene rings is 1. The largest absolute Gasteiger partial charge is 0.473 e. The summed E-state index contributed by atoms with van der Waals surface area (Å²) in [6.45, 7) is 2.71. The van der Waals surface area contributed by atoms with E-state index in [1.54, 1.807) is 12.1 Å². The number of anilines is 1. The predicted molar refractivity (Wildman–Crippen MR) is 108 cm³/mol. The maximum atomic E-state index is 13.0. The van der Waals surface area contributed by atoms with Crippen molar-refractivity contribution in [1.29, 1.82) is 0 Å². The summed E-state index contributed by atoms with van der Waals surface area (Å²) in [5.74, 6) is 1.19. The van der Waals surface area contributed by atoms with Crippen LogP contribution in [0.1, 0.15) is 37.7 Å². The average molecular weight is 398 g/mol. The molecule has 0 atom stereocenters. The second-order valence-corrected chi connectivity index (χ2v) is 7.78. The van der Waals surface area contributed by atoms with Crippen LogP contribution in [0.5, 0.6) is 5.88 Å².